The summed E-state index contributed by atoms with van der Waals surface area (Å²) in [5.74, 6) is 0.501. The third-order valence-electron chi connectivity index (χ3n) is 5.35. The van der Waals surface area contributed by atoms with E-state index >= 15 is 0 Å². The topological polar surface area (TPSA) is 62.5 Å². The van der Waals surface area contributed by atoms with Gasteiger partial charge >= 0.3 is 0 Å². The summed E-state index contributed by atoms with van der Waals surface area (Å²) in [7, 11) is 4.06. The van der Waals surface area contributed by atoms with Crippen LogP contribution >= 0.6 is 0 Å². The van der Waals surface area contributed by atoms with Gasteiger partial charge in [0.2, 0.25) is 0 Å². The Morgan fingerprint density at radius 2 is 2.07 bits per heavy atom. The Morgan fingerprint density at radius 1 is 1.31 bits per heavy atom. The zero-order chi connectivity index (χ0) is 20.7. The highest BCUT2D eigenvalue weighted by atomic mass is 19.1. The average Bonchev–Trinajstić information content (AvgIpc) is 3.38. The molecule has 0 radical (unpaired) electrons. The predicted molar refractivity (Wildman–Crippen MR) is 111 cm³/mol. The molecule has 1 saturated carbocycles. The standard InChI is InChI=1S/C22H26FN5O/c1-13(12-27(3)4)21-26-25-20-11-15(7-8-28(20)21)18-9-16(10-19(23)14(18)2)22(29)24-17-5-6-17/h7-11,13,17H,5-6,12H2,1-4H3,(H,24,29). The van der Waals surface area contributed by atoms with E-state index < -0.39 is 0 Å². The molecule has 2 heterocycles. The van der Waals surface area contributed by atoms with Gasteiger partial charge in [-0.3, -0.25) is 9.20 Å². The lowest BCUT2D eigenvalue weighted by molar-refractivity contribution is 0.0950. The van der Waals surface area contributed by atoms with Crippen LogP contribution in [-0.4, -0.2) is 52.1 Å². The fraction of sp³-hybridized carbons (Fsp3) is 0.409. The predicted octanol–water partition coefficient (Wildman–Crippen LogP) is 3.40. The second kappa shape index (κ2) is 7.55. The Balaban J connectivity index is 1.70. The first-order chi connectivity index (χ1) is 13.8. The van der Waals surface area contributed by atoms with Crippen molar-refractivity contribution < 1.29 is 9.18 Å². The Bertz CT molecular complexity index is 1070. The lowest BCUT2D eigenvalue weighted by atomic mass is 9.97. The molecule has 1 N–H and O–H groups in total. The number of benzene rings is 1. The monoisotopic (exact) mass is 395 g/mol. The molecule has 7 heteroatoms. The first-order valence-electron chi connectivity index (χ1n) is 9.94. The molecule has 29 heavy (non-hydrogen) atoms. The Hall–Kier alpha value is -2.80. The number of carbonyl (C=O) groups is 1. The van der Waals surface area contributed by atoms with Gasteiger partial charge in [-0.1, -0.05) is 6.92 Å². The van der Waals surface area contributed by atoms with Gasteiger partial charge in [0.15, 0.2) is 5.65 Å². The molecule has 3 aromatic rings. The van der Waals surface area contributed by atoms with Gasteiger partial charge in [-0.15, -0.1) is 10.2 Å². The largest absolute Gasteiger partial charge is 0.349 e. The number of pyridine rings is 1. The molecule has 1 atom stereocenters. The summed E-state index contributed by atoms with van der Waals surface area (Å²) < 4.78 is 16.5. The first-order valence-corrected chi connectivity index (χ1v) is 9.94. The molecule has 1 amide bonds. The lowest BCUT2D eigenvalue weighted by Gasteiger charge is -2.15. The molecular weight excluding hydrogens is 369 g/mol. The fourth-order valence-corrected chi connectivity index (χ4v) is 3.65. The van der Waals surface area contributed by atoms with Crippen molar-refractivity contribution in [2.24, 2.45) is 0 Å². The van der Waals surface area contributed by atoms with Gasteiger partial charge in [0.05, 0.1) is 0 Å². The minimum atomic E-state index is -0.384. The van der Waals surface area contributed by atoms with E-state index in [-0.39, 0.29) is 23.7 Å². The summed E-state index contributed by atoms with van der Waals surface area (Å²) in [4.78, 5) is 14.5. The van der Waals surface area contributed by atoms with Crippen molar-refractivity contribution in [3.63, 3.8) is 0 Å². The number of fused-ring (bicyclic) bond motifs is 1. The number of halogens is 1. The molecular formula is C22H26FN5O. The highest BCUT2D eigenvalue weighted by Crippen LogP contribution is 2.29. The normalized spacial score (nSPS) is 15.1. The fourth-order valence-electron chi connectivity index (χ4n) is 3.65. The van der Waals surface area contributed by atoms with E-state index in [9.17, 15) is 9.18 Å². The molecule has 1 aliphatic carbocycles. The maximum Gasteiger partial charge on any atom is 0.251 e. The van der Waals surface area contributed by atoms with Crippen LogP contribution in [0.5, 0.6) is 0 Å². The number of likely N-dealkylation sites (N-methyl/N-ethyl adjacent to an activating group) is 1. The minimum absolute atomic E-state index is 0.222. The molecule has 2 aromatic heterocycles. The van der Waals surface area contributed by atoms with Crippen molar-refractivity contribution in [1.82, 2.24) is 24.8 Å². The molecule has 1 fully saturated rings. The van der Waals surface area contributed by atoms with Crippen molar-refractivity contribution in [1.29, 1.82) is 0 Å². The number of nitrogens with zero attached hydrogens (tertiary/aromatic N) is 4. The molecule has 4 rings (SSSR count). The van der Waals surface area contributed by atoms with Gasteiger partial charge < -0.3 is 10.2 Å². The van der Waals surface area contributed by atoms with E-state index in [1.807, 2.05) is 36.8 Å². The van der Waals surface area contributed by atoms with E-state index in [0.717, 1.165) is 30.8 Å². The summed E-state index contributed by atoms with van der Waals surface area (Å²) in [6, 6.07) is 7.11. The Kier molecular flexibility index (Phi) is 5.08. The van der Waals surface area contributed by atoms with Gasteiger partial charge in [0, 0.05) is 30.3 Å². The van der Waals surface area contributed by atoms with Gasteiger partial charge in [-0.25, -0.2) is 4.39 Å². The van der Waals surface area contributed by atoms with Crippen LogP contribution in [0.4, 0.5) is 4.39 Å². The van der Waals surface area contributed by atoms with Crippen molar-refractivity contribution in [2.45, 2.75) is 38.6 Å². The Labute approximate surface area is 169 Å². The number of nitrogens with one attached hydrogen (secondary N) is 1. The number of hydrogen-bond acceptors (Lipinski definition) is 4. The van der Waals surface area contributed by atoms with E-state index in [1.165, 1.54) is 6.07 Å². The summed E-state index contributed by atoms with van der Waals surface area (Å²) >= 11 is 0. The van der Waals surface area contributed by atoms with Crippen LogP contribution in [0.25, 0.3) is 16.8 Å². The number of carbonyl (C=O) groups excluding carboxylic acids is 1. The van der Waals surface area contributed by atoms with Crippen LogP contribution in [0.3, 0.4) is 0 Å². The van der Waals surface area contributed by atoms with Crippen molar-refractivity contribution in [2.75, 3.05) is 20.6 Å². The SMILES string of the molecule is Cc1c(F)cc(C(=O)NC2CC2)cc1-c1ccn2c(C(C)CN(C)C)nnc2c1. The third kappa shape index (κ3) is 4.00. The van der Waals surface area contributed by atoms with Crippen LogP contribution in [0.1, 0.15) is 47.4 Å². The molecule has 0 spiro atoms. The summed E-state index contributed by atoms with van der Waals surface area (Å²) in [5.41, 5.74) is 3.07. The van der Waals surface area contributed by atoms with Crippen molar-refractivity contribution >= 4 is 11.6 Å². The molecule has 0 saturated heterocycles. The second-order valence-electron chi connectivity index (χ2n) is 8.24. The van der Waals surface area contributed by atoms with E-state index in [0.29, 0.717) is 22.3 Å². The van der Waals surface area contributed by atoms with Gasteiger partial charge in [0.1, 0.15) is 11.6 Å². The third-order valence-corrected chi connectivity index (χ3v) is 5.35. The summed E-state index contributed by atoms with van der Waals surface area (Å²) in [6.45, 7) is 4.71. The molecule has 6 nitrogen and oxygen atoms in total. The number of amides is 1. The van der Waals surface area contributed by atoms with Crippen LogP contribution in [0.2, 0.25) is 0 Å². The van der Waals surface area contributed by atoms with Gasteiger partial charge in [-0.05, 0) is 74.8 Å². The van der Waals surface area contributed by atoms with Gasteiger partial charge in [0.25, 0.3) is 5.91 Å². The van der Waals surface area contributed by atoms with E-state index in [2.05, 4.69) is 27.3 Å². The molecule has 1 aromatic carbocycles. The average molecular weight is 395 g/mol. The van der Waals surface area contributed by atoms with Crippen LogP contribution in [-0.2, 0) is 0 Å². The van der Waals surface area contributed by atoms with E-state index in [4.69, 9.17) is 0 Å². The maximum absolute atomic E-state index is 14.6. The number of aromatic nitrogens is 3. The van der Waals surface area contributed by atoms with Gasteiger partial charge in [-0.2, -0.15) is 0 Å². The molecule has 1 aliphatic rings. The van der Waals surface area contributed by atoms with Crippen molar-refractivity contribution in [3.05, 3.63) is 53.2 Å². The maximum atomic E-state index is 14.6. The quantitative estimate of drug-likeness (QED) is 0.695. The first kappa shape index (κ1) is 19.5. The van der Waals surface area contributed by atoms with E-state index in [1.54, 1.807) is 13.0 Å². The van der Waals surface area contributed by atoms with Crippen LogP contribution < -0.4 is 5.32 Å². The Morgan fingerprint density at radius 3 is 2.76 bits per heavy atom. The zero-order valence-corrected chi connectivity index (χ0v) is 17.2. The highest BCUT2D eigenvalue weighted by Gasteiger charge is 2.25. The summed E-state index contributed by atoms with van der Waals surface area (Å²) in [6.07, 6.45) is 3.90. The summed E-state index contributed by atoms with van der Waals surface area (Å²) in [5, 5.41) is 11.6. The number of hydrogen-bond donors (Lipinski definition) is 1. The highest BCUT2D eigenvalue weighted by molar-refractivity contribution is 5.96. The number of rotatable bonds is 6. The van der Waals surface area contributed by atoms with Crippen LogP contribution in [0, 0.1) is 12.7 Å². The minimum Gasteiger partial charge on any atom is -0.349 e. The molecule has 0 bridgehead atoms. The lowest BCUT2D eigenvalue weighted by Crippen LogP contribution is -2.25. The molecule has 152 valence electrons. The van der Waals surface area contributed by atoms with Crippen molar-refractivity contribution in [3.8, 4) is 11.1 Å². The molecule has 0 aliphatic heterocycles. The smallest absolute Gasteiger partial charge is 0.251 e. The van der Waals surface area contributed by atoms with Crippen LogP contribution in [0.15, 0.2) is 30.5 Å². The molecule has 1 unspecified atom stereocenters. The second-order valence-corrected chi connectivity index (χ2v) is 8.24. The zero-order valence-electron chi connectivity index (χ0n) is 17.2.